The summed E-state index contributed by atoms with van der Waals surface area (Å²) in [6.07, 6.45) is 0. The Morgan fingerprint density at radius 1 is 1.15 bits per heavy atom. The Morgan fingerprint density at radius 2 is 1.95 bits per heavy atom. The van der Waals surface area contributed by atoms with E-state index in [0.29, 0.717) is 23.1 Å². The molecule has 0 saturated carbocycles. The van der Waals surface area contributed by atoms with Gasteiger partial charge >= 0.3 is 0 Å². The Kier molecular flexibility index (Phi) is 5.27. The molecule has 0 fully saturated rings. The van der Waals surface area contributed by atoms with Crippen LogP contribution in [-0.4, -0.2) is 11.8 Å². The molecule has 0 aliphatic heterocycles. The Balaban J connectivity index is 1.99. The highest BCUT2D eigenvalue weighted by Crippen LogP contribution is 2.19. The van der Waals surface area contributed by atoms with Gasteiger partial charge in [-0.25, -0.2) is 0 Å². The average Bonchev–Trinajstić information content (AvgIpc) is 2.45. The fourth-order valence-electron chi connectivity index (χ4n) is 1.65. The topological polar surface area (TPSA) is 38.3 Å². The van der Waals surface area contributed by atoms with Gasteiger partial charge in [0.05, 0.1) is 0 Å². The van der Waals surface area contributed by atoms with Crippen LogP contribution >= 0.6 is 23.2 Å². The van der Waals surface area contributed by atoms with Crippen molar-refractivity contribution in [1.82, 2.24) is 0 Å². The van der Waals surface area contributed by atoms with Crippen molar-refractivity contribution in [3.05, 3.63) is 59.1 Å². The number of alkyl halides is 1. The fourth-order valence-corrected chi connectivity index (χ4v) is 1.93. The predicted molar refractivity (Wildman–Crippen MR) is 81.6 cm³/mol. The van der Waals surface area contributed by atoms with Gasteiger partial charge in [0.15, 0.2) is 0 Å². The van der Waals surface area contributed by atoms with Gasteiger partial charge in [-0.3, -0.25) is 4.79 Å². The molecule has 1 N–H and O–H groups in total. The lowest BCUT2D eigenvalue weighted by molar-refractivity contribution is -0.113. The molecule has 20 heavy (non-hydrogen) atoms. The first-order valence-corrected chi connectivity index (χ1v) is 6.92. The molecule has 0 heterocycles. The van der Waals surface area contributed by atoms with Crippen molar-refractivity contribution in [1.29, 1.82) is 0 Å². The molecule has 3 nitrogen and oxygen atoms in total. The van der Waals surface area contributed by atoms with Crippen LogP contribution in [0.5, 0.6) is 5.75 Å². The Bertz CT molecular complexity index is 602. The van der Waals surface area contributed by atoms with Gasteiger partial charge in [0.25, 0.3) is 0 Å². The van der Waals surface area contributed by atoms with Crippen molar-refractivity contribution in [2.24, 2.45) is 0 Å². The van der Waals surface area contributed by atoms with Gasteiger partial charge in [-0.15, -0.1) is 11.6 Å². The third kappa shape index (κ3) is 4.44. The SMILES string of the molecule is O=C(CCl)Nc1cccc(OCc2cccc(Cl)c2)c1. The number of anilines is 1. The number of nitrogens with one attached hydrogen (secondary N) is 1. The van der Waals surface area contributed by atoms with Gasteiger partial charge in [0.1, 0.15) is 18.2 Å². The highest BCUT2D eigenvalue weighted by molar-refractivity contribution is 6.30. The van der Waals surface area contributed by atoms with Gasteiger partial charge in [-0.2, -0.15) is 0 Å². The van der Waals surface area contributed by atoms with E-state index < -0.39 is 0 Å². The van der Waals surface area contributed by atoms with E-state index in [2.05, 4.69) is 5.32 Å². The predicted octanol–water partition coefficient (Wildman–Crippen LogP) is 4.10. The summed E-state index contributed by atoms with van der Waals surface area (Å²) >= 11 is 11.4. The third-order valence-electron chi connectivity index (χ3n) is 2.53. The van der Waals surface area contributed by atoms with Crippen LogP contribution in [0.1, 0.15) is 5.56 Å². The summed E-state index contributed by atoms with van der Waals surface area (Å²) in [7, 11) is 0. The number of carbonyl (C=O) groups excluding carboxylic acids is 1. The first-order chi connectivity index (χ1) is 9.67. The monoisotopic (exact) mass is 309 g/mol. The fraction of sp³-hybridized carbons (Fsp3) is 0.133. The molecule has 0 atom stereocenters. The zero-order valence-electron chi connectivity index (χ0n) is 10.6. The van der Waals surface area contributed by atoms with Crippen molar-refractivity contribution >= 4 is 34.8 Å². The number of rotatable bonds is 5. The quantitative estimate of drug-likeness (QED) is 0.845. The van der Waals surface area contributed by atoms with Crippen LogP contribution in [0.4, 0.5) is 5.69 Å². The van der Waals surface area contributed by atoms with Crippen molar-refractivity contribution in [3.63, 3.8) is 0 Å². The molecule has 104 valence electrons. The van der Waals surface area contributed by atoms with Crippen LogP contribution < -0.4 is 10.1 Å². The minimum absolute atomic E-state index is 0.0758. The van der Waals surface area contributed by atoms with E-state index in [-0.39, 0.29) is 11.8 Å². The summed E-state index contributed by atoms with van der Waals surface area (Å²) in [4.78, 5) is 11.2. The second-order valence-corrected chi connectivity index (χ2v) is 4.83. The minimum Gasteiger partial charge on any atom is -0.489 e. The van der Waals surface area contributed by atoms with Gasteiger partial charge in [-0.1, -0.05) is 29.8 Å². The second-order valence-electron chi connectivity index (χ2n) is 4.13. The first kappa shape index (κ1) is 14.7. The van der Waals surface area contributed by atoms with Gasteiger partial charge in [0, 0.05) is 16.8 Å². The zero-order valence-corrected chi connectivity index (χ0v) is 12.1. The maximum Gasteiger partial charge on any atom is 0.239 e. The highest BCUT2D eigenvalue weighted by atomic mass is 35.5. The summed E-state index contributed by atoms with van der Waals surface area (Å²) in [5, 5.41) is 3.34. The normalized spacial score (nSPS) is 10.1. The number of halogens is 2. The van der Waals surface area contributed by atoms with Crippen LogP contribution in [0.15, 0.2) is 48.5 Å². The second kappa shape index (κ2) is 7.17. The lowest BCUT2D eigenvalue weighted by atomic mass is 10.2. The van der Waals surface area contributed by atoms with E-state index in [1.807, 2.05) is 30.3 Å². The van der Waals surface area contributed by atoms with Gasteiger partial charge < -0.3 is 10.1 Å². The number of amides is 1. The molecule has 0 unspecified atom stereocenters. The van der Waals surface area contributed by atoms with Crippen molar-refractivity contribution in [2.45, 2.75) is 6.61 Å². The van der Waals surface area contributed by atoms with Gasteiger partial charge in [-0.05, 0) is 29.8 Å². The van der Waals surface area contributed by atoms with E-state index in [4.69, 9.17) is 27.9 Å². The minimum atomic E-state index is -0.251. The van der Waals surface area contributed by atoms with Crippen molar-refractivity contribution < 1.29 is 9.53 Å². The third-order valence-corrected chi connectivity index (χ3v) is 3.01. The lowest BCUT2D eigenvalue weighted by Gasteiger charge is -2.09. The molecule has 0 aliphatic carbocycles. The highest BCUT2D eigenvalue weighted by Gasteiger charge is 2.02. The number of carbonyl (C=O) groups is 1. The Labute approximate surface area is 127 Å². The molecule has 2 aromatic carbocycles. The molecule has 2 rings (SSSR count). The first-order valence-electron chi connectivity index (χ1n) is 6.00. The molecule has 5 heteroatoms. The van der Waals surface area contributed by atoms with Crippen LogP contribution in [0, 0.1) is 0 Å². The average molecular weight is 310 g/mol. The summed E-state index contributed by atoms with van der Waals surface area (Å²) in [6.45, 7) is 0.410. The molecular formula is C15H13Cl2NO2. The number of ether oxygens (including phenoxy) is 1. The van der Waals surface area contributed by atoms with E-state index in [9.17, 15) is 4.79 Å². The summed E-state index contributed by atoms with van der Waals surface area (Å²) < 4.78 is 5.66. The summed E-state index contributed by atoms with van der Waals surface area (Å²) in [6, 6.07) is 14.6. The lowest BCUT2D eigenvalue weighted by Crippen LogP contribution is -2.12. The maximum atomic E-state index is 11.2. The number of hydrogen-bond acceptors (Lipinski definition) is 2. The molecule has 0 aromatic heterocycles. The van der Waals surface area contributed by atoms with E-state index >= 15 is 0 Å². The van der Waals surface area contributed by atoms with E-state index in [1.54, 1.807) is 18.2 Å². The van der Waals surface area contributed by atoms with Crippen molar-refractivity contribution in [2.75, 3.05) is 11.2 Å². The smallest absolute Gasteiger partial charge is 0.239 e. The molecule has 1 amide bonds. The van der Waals surface area contributed by atoms with Gasteiger partial charge in [0.2, 0.25) is 5.91 Å². The standard InChI is InChI=1S/C15H13Cl2NO2/c16-9-15(19)18-13-5-2-6-14(8-13)20-10-11-3-1-4-12(17)7-11/h1-8H,9-10H2,(H,18,19). The van der Waals surface area contributed by atoms with Crippen LogP contribution in [-0.2, 0) is 11.4 Å². The summed E-state index contributed by atoms with van der Waals surface area (Å²) in [5.74, 6) is 0.337. The number of hydrogen-bond donors (Lipinski definition) is 1. The van der Waals surface area contributed by atoms with Crippen molar-refractivity contribution in [3.8, 4) is 5.75 Å². The molecule has 0 bridgehead atoms. The summed E-state index contributed by atoms with van der Waals surface area (Å²) in [5.41, 5.74) is 1.63. The van der Waals surface area contributed by atoms with Crippen LogP contribution in [0.3, 0.4) is 0 Å². The van der Waals surface area contributed by atoms with Crippen LogP contribution in [0.2, 0.25) is 5.02 Å². The molecule has 0 saturated heterocycles. The zero-order chi connectivity index (χ0) is 14.4. The number of benzene rings is 2. The molecule has 2 aromatic rings. The van der Waals surface area contributed by atoms with Crippen LogP contribution in [0.25, 0.3) is 0 Å². The molecule has 0 aliphatic rings. The molecular weight excluding hydrogens is 297 g/mol. The Hall–Kier alpha value is -1.71. The molecule has 0 radical (unpaired) electrons. The van der Waals surface area contributed by atoms with E-state index in [1.165, 1.54) is 0 Å². The largest absolute Gasteiger partial charge is 0.489 e. The Morgan fingerprint density at radius 3 is 2.70 bits per heavy atom. The van der Waals surface area contributed by atoms with E-state index in [0.717, 1.165) is 5.56 Å². The maximum absolute atomic E-state index is 11.2. The molecule has 0 spiro atoms.